The number of hydrogen-bond acceptors (Lipinski definition) is 4. The van der Waals surface area contributed by atoms with Crippen molar-refractivity contribution >= 4 is 44.9 Å². The lowest BCUT2D eigenvalue weighted by Gasteiger charge is -2.19. The van der Waals surface area contributed by atoms with Crippen LogP contribution in [0.1, 0.15) is 15.9 Å². The highest BCUT2D eigenvalue weighted by Gasteiger charge is 2.15. The van der Waals surface area contributed by atoms with Crippen LogP contribution in [0.4, 0.5) is 21.9 Å². The van der Waals surface area contributed by atoms with Gasteiger partial charge in [0.1, 0.15) is 0 Å². The van der Waals surface area contributed by atoms with E-state index in [-0.39, 0.29) is 5.91 Å². The van der Waals surface area contributed by atoms with Crippen molar-refractivity contribution in [1.29, 1.82) is 0 Å². The second kappa shape index (κ2) is 9.89. The molecule has 8 heteroatoms. The SMILES string of the molecule is CN(C)c1ccc(NC(=O)Nc2ccccc2Br)cc1C(=O)NCc1cccnc1. The van der Waals surface area contributed by atoms with Crippen molar-refractivity contribution in [1.82, 2.24) is 10.3 Å². The van der Waals surface area contributed by atoms with E-state index in [1.807, 2.05) is 49.3 Å². The first kappa shape index (κ1) is 21.3. The minimum absolute atomic E-state index is 0.239. The molecule has 3 amide bonds. The number of nitrogens with zero attached hydrogens (tertiary/aromatic N) is 2. The molecule has 154 valence electrons. The largest absolute Gasteiger partial charge is 0.377 e. The first-order valence-corrected chi connectivity index (χ1v) is 10.0. The van der Waals surface area contributed by atoms with Gasteiger partial charge in [-0.05, 0) is 57.9 Å². The van der Waals surface area contributed by atoms with Gasteiger partial charge in [-0.25, -0.2) is 4.79 Å². The molecule has 0 radical (unpaired) electrons. The molecule has 1 heterocycles. The number of carbonyl (C=O) groups is 2. The van der Waals surface area contributed by atoms with Crippen molar-refractivity contribution in [3.05, 3.63) is 82.6 Å². The van der Waals surface area contributed by atoms with Crippen LogP contribution in [0.15, 0.2) is 71.5 Å². The van der Waals surface area contributed by atoms with Crippen LogP contribution in [-0.4, -0.2) is 31.0 Å². The molecule has 0 fully saturated rings. The van der Waals surface area contributed by atoms with Gasteiger partial charge in [0, 0.05) is 48.9 Å². The van der Waals surface area contributed by atoms with Crippen molar-refractivity contribution in [2.24, 2.45) is 0 Å². The van der Waals surface area contributed by atoms with Crippen molar-refractivity contribution in [3.8, 4) is 0 Å². The van der Waals surface area contributed by atoms with Crippen LogP contribution >= 0.6 is 15.9 Å². The Hall–Kier alpha value is -3.39. The van der Waals surface area contributed by atoms with Crippen molar-refractivity contribution in [2.75, 3.05) is 29.6 Å². The number of pyridine rings is 1. The molecule has 0 unspecified atom stereocenters. The fourth-order valence-corrected chi connectivity index (χ4v) is 3.20. The van der Waals surface area contributed by atoms with Gasteiger partial charge in [-0.1, -0.05) is 18.2 Å². The van der Waals surface area contributed by atoms with Gasteiger partial charge >= 0.3 is 6.03 Å². The first-order chi connectivity index (χ1) is 14.4. The molecule has 0 aliphatic carbocycles. The lowest BCUT2D eigenvalue weighted by molar-refractivity contribution is 0.0951. The fourth-order valence-electron chi connectivity index (χ4n) is 2.81. The highest BCUT2D eigenvalue weighted by atomic mass is 79.9. The van der Waals surface area contributed by atoms with Crippen LogP contribution in [0.5, 0.6) is 0 Å². The third kappa shape index (κ3) is 5.57. The van der Waals surface area contributed by atoms with Crippen LogP contribution in [0.2, 0.25) is 0 Å². The molecular weight excluding hydrogens is 446 g/mol. The van der Waals surface area contributed by atoms with Crippen molar-refractivity contribution in [2.45, 2.75) is 6.54 Å². The lowest BCUT2D eigenvalue weighted by atomic mass is 10.1. The smallest absolute Gasteiger partial charge is 0.323 e. The molecule has 2 aromatic carbocycles. The average molecular weight is 468 g/mol. The summed E-state index contributed by atoms with van der Waals surface area (Å²) >= 11 is 3.40. The van der Waals surface area contributed by atoms with Gasteiger partial charge in [0.25, 0.3) is 5.91 Å². The number of urea groups is 1. The average Bonchev–Trinajstić information content (AvgIpc) is 2.74. The van der Waals surface area contributed by atoms with Crippen LogP contribution in [0, 0.1) is 0 Å². The Morgan fingerprint density at radius 3 is 2.53 bits per heavy atom. The third-order valence-corrected chi connectivity index (χ3v) is 4.97. The monoisotopic (exact) mass is 467 g/mol. The second-order valence-electron chi connectivity index (χ2n) is 6.73. The van der Waals surface area contributed by atoms with E-state index in [0.717, 1.165) is 15.7 Å². The lowest BCUT2D eigenvalue weighted by Crippen LogP contribution is -2.26. The Bertz CT molecular complexity index is 1040. The summed E-state index contributed by atoms with van der Waals surface area (Å²) in [4.78, 5) is 31.1. The van der Waals surface area contributed by atoms with Gasteiger partial charge in [0.05, 0.1) is 11.3 Å². The van der Waals surface area contributed by atoms with Crippen molar-refractivity contribution < 1.29 is 9.59 Å². The van der Waals surface area contributed by atoms with E-state index < -0.39 is 6.03 Å². The summed E-state index contributed by atoms with van der Waals surface area (Å²) in [5.41, 5.74) is 3.27. The molecule has 0 saturated heterocycles. The number of amides is 3. The fraction of sp³-hybridized carbons (Fsp3) is 0.136. The minimum Gasteiger partial charge on any atom is -0.377 e. The number of nitrogens with one attached hydrogen (secondary N) is 3. The normalized spacial score (nSPS) is 10.2. The standard InChI is InChI=1S/C22H22BrN5O2/c1-28(2)20-10-9-16(26-22(30)27-19-8-4-3-7-18(19)23)12-17(20)21(29)25-14-15-6-5-11-24-13-15/h3-13H,14H2,1-2H3,(H,25,29)(H2,26,27,30). The summed E-state index contributed by atoms with van der Waals surface area (Å²) in [6, 6.07) is 15.8. The molecule has 0 saturated carbocycles. The number of rotatable bonds is 6. The van der Waals surface area contributed by atoms with E-state index in [0.29, 0.717) is 23.5 Å². The van der Waals surface area contributed by atoms with E-state index in [9.17, 15) is 9.59 Å². The molecule has 1 aromatic heterocycles. The zero-order valence-corrected chi connectivity index (χ0v) is 18.2. The molecule has 0 aliphatic rings. The maximum Gasteiger partial charge on any atom is 0.323 e. The van der Waals surface area contributed by atoms with Gasteiger partial charge in [0.15, 0.2) is 0 Å². The molecule has 0 bridgehead atoms. The molecule has 30 heavy (non-hydrogen) atoms. The van der Waals surface area contributed by atoms with Gasteiger partial charge in [-0.2, -0.15) is 0 Å². The predicted molar refractivity (Wildman–Crippen MR) is 123 cm³/mol. The van der Waals surface area contributed by atoms with E-state index in [1.54, 1.807) is 36.7 Å². The molecule has 3 rings (SSSR count). The Morgan fingerprint density at radius 2 is 1.83 bits per heavy atom. The zero-order valence-electron chi connectivity index (χ0n) is 16.6. The zero-order chi connectivity index (χ0) is 21.5. The molecule has 0 aliphatic heterocycles. The summed E-state index contributed by atoms with van der Waals surface area (Å²) in [7, 11) is 3.72. The van der Waals surface area contributed by atoms with E-state index >= 15 is 0 Å². The number of para-hydroxylation sites is 1. The number of aromatic nitrogens is 1. The van der Waals surface area contributed by atoms with Crippen molar-refractivity contribution in [3.63, 3.8) is 0 Å². The topological polar surface area (TPSA) is 86.4 Å². The van der Waals surface area contributed by atoms with Crippen LogP contribution in [0.3, 0.4) is 0 Å². The first-order valence-electron chi connectivity index (χ1n) is 9.25. The Morgan fingerprint density at radius 1 is 1.03 bits per heavy atom. The summed E-state index contributed by atoms with van der Waals surface area (Å²) in [6.07, 6.45) is 3.39. The molecule has 0 atom stereocenters. The highest BCUT2D eigenvalue weighted by molar-refractivity contribution is 9.10. The summed E-state index contributed by atoms with van der Waals surface area (Å²) in [5.74, 6) is -0.239. The number of halogens is 1. The Labute approximate surface area is 183 Å². The maximum atomic E-state index is 12.8. The highest BCUT2D eigenvalue weighted by Crippen LogP contribution is 2.24. The molecule has 0 spiro atoms. The summed E-state index contributed by atoms with van der Waals surface area (Å²) < 4.78 is 0.776. The van der Waals surface area contributed by atoms with Gasteiger partial charge in [-0.15, -0.1) is 0 Å². The number of hydrogen-bond donors (Lipinski definition) is 3. The summed E-state index contributed by atoms with van der Waals surface area (Å²) in [6.45, 7) is 0.361. The molecule has 3 aromatic rings. The second-order valence-corrected chi connectivity index (χ2v) is 7.58. The Kier molecular flexibility index (Phi) is 7.03. The quantitative estimate of drug-likeness (QED) is 0.498. The number of carbonyl (C=O) groups excluding carboxylic acids is 2. The van der Waals surface area contributed by atoms with E-state index in [2.05, 4.69) is 36.9 Å². The molecule has 7 nitrogen and oxygen atoms in total. The van der Waals surface area contributed by atoms with Crippen LogP contribution in [-0.2, 0) is 6.54 Å². The van der Waals surface area contributed by atoms with Gasteiger partial charge in [0.2, 0.25) is 0 Å². The molecule has 3 N–H and O–H groups in total. The maximum absolute atomic E-state index is 12.8. The predicted octanol–water partition coefficient (Wildman–Crippen LogP) is 4.48. The number of anilines is 3. The van der Waals surface area contributed by atoms with Crippen LogP contribution in [0.25, 0.3) is 0 Å². The summed E-state index contributed by atoms with van der Waals surface area (Å²) in [5, 5.41) is 8.45. The van der Waals surface area contributed by atoms with Gasteiger partial charge < -0.3 is 20.9 Å². The van der Waals surface area contributed by atoms with E-state index in [1.165, 1.54) is 0 Å². The van der Waals surface area contributed by atoms with Crippen LogP contribution < -0.4 is 20.9 Å². The van der Waals surface area contributed by atoms with E-state index in [4.69, 9.17) is 0 Å². The minimum atomic E-state index is -0.402. The third-order valence-electron chi connectivity index (χ3n) is 4.28. The Balaban J connectivity index is 1.74. The van der Waals surface area contributed by atoms with Gasteiger partial charge in [-0.3, -0.25) is 9.78 Å². The number of benzene rings is 2. The molecular formula is C22H22BrN5O2.